The molecule has 0 aliphatic carbocycles. The first-order valence-corrected chi connectivity index (χ1v) is 11.4. The lowest BCUT2D eigenvalue weighted by Gasteiger charge is -2.35. The maximum Gasteiger partial charge on any atom is 0.261 e. The molecule has 1 saturated heterocycles. The Balaban J connectivity index is 1.46. The van der Waals surface area contributed by atoms with Crippen molar-refractivity contribution < 1.29 is 9.59 Å². The van der Waals surface area contributed by atoms with E-state index in [1.165, 1.54) is 10.9 Å². The predicted octanol–water partition coefficient (Wildman–Crippen LogP) is 2.79. The molecule has 0 spiro atoms. The van der Waals surface area contributed by atoms with E-state index in [9.17, 15) is 14.4 Å². The summed E-state index contributed by atoms with van der Waals surface area (Å²) in [5.74, 6) is -0.0449. The van der Waals surface area contributed by atoms with Gasteiger partial charge in [-0.3, -0.25) is 19.0 Å². The summed E-state index contributed by atoms with van der Waals surface area (Å²) in [5, 5.41) is 9.85. The molecule has 0 saturated carbocycles. The minimum atomic E-state index is -0.265. The molecule has 0 bridgehead atoms. The van der Waals surface area contributed by atoms with E-state index in [0.717, 1.165) is 11.3 Å². The van der Waals surface area contributed by atoms with Crippen molar-refractivity contribution >= 4 is 39.9 Å². The van der Waals surface area contributed by atoms with Gasteiger partial charge >= 0.3 is 0 Å². The Morgan fingerprint density at radius 2 is 1.88 bits per heavy atom. The summed E-state index contributed by atoms with van der Waals surface area (Å²) in [5.41, 5.74) is 2.46. The number of carbonyl (C=O) groups excluding carboxylic acids is 2. The van der Waals surface area contributed by atoms with Crippen molar-refractivity contribution in [1.29, 1.82) is 5.26 Å². The number of fused-ring (bicyclic) bond motifs is 1. The first-order chi connectivity index (χ1) is 16.4. The van der Waals surface area contributed by atoms with Gasteiger partial charge in [-0.25, -0.2) is 4.98 Å². The van der Waals surface area contributed by atoms with Crippen LogP contribution in [0.4, 0.5) is 5.69 Å². The Labute approximate surface area is 202 Å². The van der Waals surface area contributed by atoms with E-state index in [-0.39, 0.29) is 30.2 Å². The number of aromatic nitrogens is 2. The van der Waals surface area contributed by atoms with Gasteiger partial charge in [-0.1, -0.05) is 17.7 Å². The summed E-state index contributed by atoms with van der Waals surface area (Å²) in [7, 11) is 0. The van der Waals surface area contributed by atoms with Crippen molar-refractivity contribution in [2.75, 3.05) is 31.1 Å². The molecule has 34 heavy (non-hydrogen) atoms. The lowest BCUT2D eigenvalue weighted by molar-refractivity contribution is -0.129. The van der Waals surface area contributed by atoms with Gasteiger partial charge in [-0.2, -0.15) is 5.26 Å². The van der Waals surface area contributed by atoms with Crippen LogP contribution in [-0.2, 0) is 22.6 Å². The number of hydrogen-bond acceptors (Lipinski definition) is 6. The van der Waals surface area contributed by atoms with E-state index < -0.39 is 0 Å². The molecule has 1 aliphatic heterocycles. The first-order valence-electron chi connectivity index (χ1n) is 11.1. The van der Waals surface area contributed by atoms with Crippen LogP contribution in [0.5, 0.6) is 0 Å². The molecule has 9 heteroatoms. The molecule has 3 aromatic rings. The third-order valence-corrected chi connectivity index (χ3v) is 6.45. The molecule has 1 aliphatic rings. The maximum atomic E-state index is 13.1. The second kappa shape index (κ2) is 10.1. The molecule has 4 rings (SSSR count). The molecule has 2 heterocycles. The van der Waals surface area contributed by atoms with Crippen LogP contribution in [0, 0.1) is 11.3 Å². The molecule has 2 aromatic carbocycles. The fourth-order valence-corrected chi connectivity index (χ4v) is 4.37. The highest BCUT2D eigenvalue weighted by Crippen LogP contribution is 2.21. The highest BCUT2D eigenvalue weighted by molar-refractivity contribution is 6.31. The largest absolute Gasteiger partial charge is 0.368 e. The topological polar surface area (TPSA) is 99.3 Å². The van der Waals surface area contributed by atoms with E-state index in [1.807, 2.05) is 29.2 Å². The molecular weight excluding hydrogens is 454 g/mol. The summed E-state index contributed by atoms with van der Waals surface area (Å²) in [6.45, 7) is 4.16. The number of Topliss-reactive ketones (excluding diaryl/α,β-unsaturated/α-hetero) is 1. The number of hydrogen-bond donors (Lipinski definition) is 0. The lowest BCUT2D eigenvalue weighted by atomic mass is 10.1. The third-order valence-electron chi connectivity index (χ3n) is 6.10. The Morgan fingerprint density at radius 3 is 2.56 bits per heavy atom. The van der Waals surface area contributed by atoms with Crippen molar-refractivity contribution in [1.82, 2.24) is 14.5 Å². The van der Waals surface area contributed by atoms with Crippen molar-refractivity contribution in [3.63, 3.8) is 0 Å². The van der Waals surface area contributed by atoms with Gasteiger partial charge in [0.05, 0.1) is 35.4 Å². The van der Waals surface area contributed by atoms with Gasteiger partial charge in [-0.05, 0) is 42.3 Å². The minimum Gasteiger partial charge on any atom is -0.368 e. The smallest absolute Gasteiger partial charge is 0.261 e. The van der Waals surface area contributed by atoms with Crippen LogP contribution >= 0.6 is 11.6 Å². The summed E-state index contributed by atoms with van der Waals surface area (Å²) >= 11 is 6.19. The number of anilines is 1. The van der Waals surface area contributed by atoms with Gasteiger partial charge in [0.25, 0.3) is 5.56 Å². The van der Waals surface area contributed by atoms with Gasteiger partial charge in [0.1, 0.15) is 0 Å². The van der Waals surface area contributed by atoms with Gasteiger partial charge in [0.2, 0.25) is 5.91 Å². The molecule has 0 unspecified atom stereocenters. The van der Waals surface area contributed by atoms with Crippen LogP contribution in [0.15, 0.2) is 47.5 Å². The number of nitrogens with zero attached hydrogens (tertiary/aromatic N) is 5. The van der Waals surface area contributed by atoms with Crippen LogP contribution in [0.1, 0.15) is 24.5 Å². The second-order valence-electron chi connectivity index (χ2n) is 8.33. The summed E-state index contributed by atoms with van der Waals surface area (Å²) in [4.78, 5) is 45.5. The number of nitriles is 1. The fourth-order valence-electron chi connectivity index (χ4n) is 4.10. The Morgan fingerprint density at radius 1 is 1.12 bits per heavy atom. The maximum absolute atomic E-state index is 13.1. The summed E-state index contributed by atoms with van der Waals surface area (Å²) in [6, 6.07) is 12.6. The van der Waals surface area contributed by atoms with Gasteiger partial charge in [0.15, 0.2) is 5.78 Å². The van der Waals surface area contributed by atoms with Crippen molar-refractivity contribution in [3.8, 4) is 6.07 Å². The van der Waals surface area contributed by atoms with Crippen molar-refractivity contribution in [2.45, 2.75) is 26.3 Å². The molecule has 0 N–H and O–H groups in total. The second-order valence-corrected chi connectivity index (χ2v) is 8.74. The monoisotopic (exact) mass is 477 g/mol. The highest BCUT2D eigenvalue weighted by atomic mass is 35.5. The number of rotatable bonds is 6. The van der Waals surface area contributed by atoms with Crippen LogP contribution in [-0.4, -0.2) is 52.3 Å². The number of ketones is 1. The quantitative estimate of drug-likeness (QED) is 0.541. The number of halogens is 1. The van der Waals surface area contributed by atoms with Crippen LogP contribution in [0.2, 0.25) is 5.02 Å². The number of amides is 1. The molecule has 1 amide bonds. The van der Waals surface area contributed by atoms with E-state index in [2.05, 4.69) is 9.88 Å². The molecule has 174 valence electrons. The molecular formula is C25H24ClN5O3. The zero-order chi connectivity index (χ0) is 24.2. The number of carbonyl (C=O) groups is 2. The number of benzene rings is 2. The Bertz CT molecular complexity index is 1350. The van der Waals surface area contributed by atoms with Gasteiger partial charge in [0, 0.05) is 50.2 Å². The summed E-state index contributed by atoms with van der Waals surface area (Å²) < 4.78 is 1.34. The van der Waals surface area contributed by atoms with Crippen LogP contribution in [0.25, 0.3) is 10.9 Å². The van der Waals surface area contributed by atoms with E-state index in [0.29, 0.717) is 54.1 Å². The van der Waals surface area contributed by atoms with Gasteiger partial charge < -0.3 is 9.80 Å². The average Bonchev–Trinajstić information content (AvgIpc) is 2.85. The molecule has 1 fully saturated rings. The van der Waals surface area contributed by atoms with E-state index in [1.54, 1.807) is 25.1 Å². The zero-order valence-electron chi connectivity index (χ0n) is 18.8. The van der Waals surface area contributed by atoms with E-state index in [4.69, 9.17) is 16.9 Å². The highest BCUT2D eigenvalue weighted by Gasteiger charge is 2.19. The van der Waals surface area contributed by atoms with Crippen molar-refractivity contribution in [3.05, 3.63) is 69.2 Å². The molecule has 0 atom stereocenters. The average molecular weight is 478 g/mol. The first kappa shape index (κ1) is 23.5. The minimum absolute atomic E-state index is 0.0661. The normalized spacial score (nSPS) is 13.7. The number of aryl methyl sites for hydroxylation is 1. The Hall–Kier alpha value is -3.70. The molecule has 1 aromatic heterocycles. The summed E-state index contributed by atoms with van der Waals surface area (Å²) in [6.07, 6.45) is 2.05. The van der Waals surface area contributed by atoms with Crippen molar-refractivity contribution in [2.24, 2.45) is 0 Å². The van der Waals surface area contributed by atoms with Gasteiger partial charge in [-0.15, -0.1) is 0 Å². The third kappa shape index (κ3) is 5.10. The zero-order valence-corrected chi connectivity index (χ0v) is 19.6. The lowest BCUT2D eigenvalue weighted by Crippen LogP contribution is -2.48. The Kier molecular flexibility index (Phi) is 6.94. The SMILES string of the molecule is CC(=O)N1CCN(c2ccc3ncn(CC(=O)CCc4ccc(C#N)cc4Cl)c(=O)c3c2)CC1. The molecule has 8 nitrogen and oxygen atoms in total. The number of piperazine rings is 1. The van der Waals surface area contributed by atoms with E-state index >= 15 is 0 Å². The van der Waals surface area contributed by atoms with Crippen LogP contribution < -0.4 is 10.5 Å². The van der Waals surface area contributed by atoms with Crippen LogP contribution in [0.3, 0.4) is 0 Å². The molecule has 0 radical (unpaired) electrons. The standard InChI is InChI=1S/C25H24ClN5O3/c1-17(32)29-8-10-30(11-9-29)20-5-7-24-22(13-20)25(34)31(16-28-24)15-21(33)6-4-19-3-2-18(14-27)12-23(19)26/h2-3,5,7,12-13,16H,4,6,8-11,15H2,1H3. The fraction of sp³-hybridized carbons (Fsp3) is 0.320. The predicted molar refractivity (Wildman–Crippen MR) is 130 cm³/mol.